The largest absolute Gasteiger partial charge is 0.494 e. The highest BCUT2D eigenvalue weighted by atomic mass is 32.2. The lowest BCUT2D eigenvalue weighted by Crippen LogP contribution is -2.27. The number of rotatable bonds is 8. The molecule has 2 aromatic rings. The van der Waals surface area contributed by atoms with Crippen LogP contribution >= 0.6 is 11.8 Å². The summed E-state index contributed by atoms with van der Waals surface area (Å²) >= 11 is 1.46. The van der Waals surface area contributed by atoms with E-state index < -0.39 is 0 Å². The number of hydrogen-bond acceptors (Lipinski definition) is 3. The molecule has 0 spiro atoms. The molecule has 23 heavy (non-hydrogen) atoms. The van der Waals surface area contributed by atoms with Crippen LogP contribution in [0, 0.1) is 5.82 Å². The van der Waals surface area contributed by atoms with E-state index in [9.17, 15) is 9.18 Å². The van der Waals surface area contributed by atoms with E-state index in [2.05, 4.69) is 5.32 Å². The van der Waals surface area contributed by atoms with E-state index in [1.165, 1.54) is 30.5 Å². The fourth-order valence-electron chi connectivity index (χ4n) is 2.10. The second-order valence-electron chi connectivity index (χ2n) is 5.05. The molecule has 5 heteroatoms. The highest BCUT2D eigenvalue weighted by molar-refractivity contribution is 7.99. The summed E-state index contributed by atoms with van der Waals surface area (Å²) in [7, 11) is 1.44. The van der Waals surface area contributed by atoms with Gasteiger partial charge in [0.05, 0.1) is 12.9 Å². The summed E-state index contributed by atoms with van der Waals surface area (Å²) in [4.78, 5) is 11.8. The number of ether oxygens (including phenoxy) is 1. The molecule has 0 aromatic heterocycles. The summed E-state index contributed by atoms with van der Waals surface area (Å²) in [6.07, 6.45) is 0.820. The molecule has 0 fully saturated rings. The van der Waals surface area contributed by atoms with Gasteiger partial charge in [0, 0.05) is 12.3 Å². The van der Waals surface area contributed by atoms with Gasteiger partial charge in [-0.15, -0.1) is 11.8 Å². The van der Waals surface area contributed by atoms with Gasteiger partial charge in [0.15, 0.2) is 11.6 Å². The van der Waals surface area contributed by atoms with Crippen LogP contribution in [0.2, 0.25) is 0 Å². The van der Waals surface area contributed by atoms with Crippen molar-refractivity contribution in [3.8, 4) is 5.75 Å². The molecule has 0 saturated heterocycles. The number of nitrogens with one attached hydrogen (secondary N) is 1. The quantitative estimate of drug-likeness (QED) is 0.804. The van der Waals surface area contributed by atoms with Gasteiger partial charge in [0.25, 0.3) is 0 Å². The van der Waals surface area contributed by atoms with Crippen molar-refractivity contribution in [1.29, 1.82) is 0 Å². The number of carbonyl (C=O) groups is 1. The first kappa shape index (κ1) is 17.3. The van der Waals surface area contributed by atoms with Gasteiger partial charge in [-0.3, -0.25) is 4.79 Å². The van der Waals surface area contributed by atoms with Crippen LogP contribution in [0.15, 0.2) is 48.5 Å². The molecule has 2 aromatic carbocycles. The number of thioether (sulfide) groups is 1. The van der Waals surface area contributed by atoms with Crippen LogP contribution in [0.25, 0.3) is 0 Å². The lowest BCUT2D eigenvalue weighted by molar-refractivity contribution is -0.118. The summed E-state index contributed by atoms with van der Waals surface area (Å²) in [5, 5.41) is 2.89. The minimum atomic E-state index is -0.377. The second-order valence-corrected chi connectivity index (χ2v) is 6.03. The summed E-state index contributed by atoms with van der Waals surface area (Å²) in [6.45, 7) is 0.626. The number of halogens is 1. The van der Waals surface area contributed by atoms with Crippen molar-refractivity contribution >= 4 is 17.7 Å². The van der Waals surface area contributed by atoms with E-state index >= 15 is 0 Å². The van der Waals surface area contributed by atoms with E-state index in [-0.39, 0.29) is 17.5 Å². The molecule has 1 N–H and O–H groups in total. The molecule has 0 radical (unpaired) electrons. The third-order valence-corrected chi connectivity index (χ3v) is 4.30. The van der Waals surface area contributed by atoms with Crippen LogP contribution in [-0.2, 0) is 17.0 Å². The zero-order valence-corrected chi connectivity index (χ0v) is 13.9. The van der Waals surface area contributed by atoms with Crippen LogP contribution in [0.4, 0.5) is 4.39 Å². The summed E-state index contributed by atoms with van der Waals surface area (Å²) in [5.41, 5.74) is 2.04. The maximum atomic E-state index is 13.6. The van der Waals surface area contributed by atoms with E-state index in [4.69, 9.17) is 4.74 Å². The monoisotopic (exact) mass is 333 g/mol. The number of methoxy groups -OCH3 is 1. The first-order chi connectivity index (χ1) is 11.2. The standard InChI is InChI=1S/C18H20FNO2S/c1-22-17-8-7-15(11-16(17)19)12-23-13-18(21)20-10-9-14-5-3-2-4-6-14/h2-8,11H,9-10,12-13H2,1H3,(H,20,21). The Bertz CT molecular complexity index is 634. The summed E-state index contributed by atoms with van der Waals surface area (Å²) in [6, 6.07) is 14.9. The molecule has 2 rings (SSSR count). The second kappa shape index (κ2) is 9.20. The van der Waals surface area contributed by atoms with Gasteiger partial charge in [-0.1, -0.05) is 36.4 Å². The van der Waals surface area contributed by atoms with Gasteiger partial charge in [-0.05, 0) is 29.7 Å². The van der Waals surface area contributed by atoms with Crippen molar-refractivity contribution in [2.45, 2.75) is 12.2 Å². The number of hydrogen-bond donors (Lipinski definition) is 1. The molecule has 1 amide bonds. The zero-order chi connectivity index (χ0) is 16.5. The molecule has 122 valence electrons. The minimum Gasteiger partial charge on any atom is -0.494 e. The fraction of sp³-hybridized carbons (Fsp3) is 0.278. The maximum absolute atomic E-state index is 13.6. The number of carbonyl (C=O) groups excluding carboxylic acids is 1. The average Bonchev–Trinajstić information content (AvgIpc) is 2.56. The lowest BCUT2D eigenvalue weighted by Gasteiger charge is -2.07. The van der Waals surface area contributed by atoms with Crippen molar-refractivity contribution in [2.24, 2.45) is 0 Å². The Balaban J connectivity index is 1.65. The molecule has 0 unspecified atom stereocenters. The molecule has 0 aliphatic heterocycles. The Morgan fingerprint density at radius 2 is 1.96 bits per heavy atom. The smallest absolute Gasteiger partial charge is 0.230 e. The number of amides is 1. The molecule has 0 aliphatic rings. The molecule has 0 heterocycles. The number of benzene rings is 2. The van der Waals surface area contributed by atoms with Crippen LogP contribution in [0.3, 0.4) is 0 Å². The van der Waals surface area contributed by atoms with E-state index in [1.54, 1.807) is 6.07 Å². The van der Waals surface area contributed by atoms with Crippen LogP contribution in [0.1, 0.15) is 11.1 Å². The highest BCUT2D eigenvalue weighted by Gasteiger charge is 2.05. The van der Waals surface area contributed by atoms with E-state index in [0.29, 0.717) is 18.1 Å². The van der Waals surface area contributed by atoms with Crippen molar-refractivity contribution in [2.75, 3.05) is 19.4 Å². The van der Waals surface area contributed by atoms with Gasteiger partial charge >= 0.3 is 0 Å². The van der Waals surface area contributed by atoms with Gasteiger partial charge in [-0.25, -0.2) is 4.39 Å². The molecule has 0 aliphatic carbocycles. The summed E-state index contributed by atoms with van der Waals surface area (Å²) < 4.78 is 18.4. The third-order valence-electron chi connectivity index (χ3n) is 3.30. The Labute approximate surface area is 140 Å². The molecular weight excluding hydrogens is 313 g/mol. The SMILES string of the molecule is COc1ccc(CSCC(=O)NCCc2ccccc2)cc1F. The van der Waals surface area contributed by atoms with E-state index in [0.717, 1.165) is 12.0 Å². The van der Waals surface area contributed by atoms with Crippen molar-refractivity contribution < 1.29 is 13.9 Å². The molecule has 3 nitrogen and oxygen atoms in total. The first-order valence-electron chi connectivity index (χ1n) is 7.40. The third kappa shape index (κ3) is 5.94. The first-order valence-corrected chi connectivity index (χ1v) is 8.55. The molecule has 0 atom stereocenters. The minimum absolute atomic E-state index is 0.0000789. The Morgan fingerprint density at radius 3 is 2.65 bits per heavy atom. The van der Waals surface area contributed by atoms with Crippen LogP contribution < -0.4 is 10.1 Å². The molecular formula is C18H20FNO2S. The summed E-state index contributed by atoms with van der Waals surface area (Å²) in [5.74, 6) is 0.811. The Kier molecular flexibility index (Phi) is 6.94. The maximum Gasteiger partial charge on any atom is 0.230 e. The lowest BCUT2D eigenvalue weighted by atomic mass is 10.1. The van der Waals surface area contributed by atoms with Gasteiger partial charge in [0.1, 0.15) is 0 Å². The normalized spacial score (nSPS) is 10.3. The van der Waals surface area contributed by atoms with E-state index in [1.807, 2.05) is 36.4 Å². The average molecular weight is 333 g/mol. The van der Waals surface area contributed by atoms with Gasteiger partial charge in [-0.2, -0.15) is 0 Å². The topological polar surface area (TPSA) is 38.3 Å². The zero-order valence-electron chi connectivity index (χ0n) is 13.0. The van der Waals surface area contributed by atoms with Crippen LogP contribution in [-0.4, -0.2) is 25.3 Å². The molecule has 0 saturated carbocycles. The van der Waals surface area contributed by atoms with Crippen molar-refractivity contribution in [3.63, 3.8) is 0 Å². The fourth-order valence-corrected chi connectivity index (χ4v) is 2.91. The molecule has 0 bridgehead atoms. The Morgan fingerprint density at radius 1 is 1.17 bits per heavy atom. The van der Waals surface area contributed by atoms with Crippen molar-refractivity contribution in [1.82, 2.24) is 5.32 Å². The Hall–Kier alpha value is -2.01. The predicted octanol–water partition coefficient (Wildman–Crippen LogP) is 3.43. The highest BCUT2D eigenvalue weighted by Crippen LogP contribution is 2.20. The van der Waals surface area contributed by atoms with Crippen LogP contribution in [0.5, 0.6) is 5.75 Å². The van der Waals surface area contributed by atoms with Gasteiger partial charge < -0.3 is 10.1 Å². The van der Waals surface area contributed by atoms with Gasteiger partial charge in [0.2, 0.25) is 5.91 Å². The predicted molar refractivity (Wildman–Crippen MR) is 92.3 cm³/mol. The van der Waals surface area contributed by atoms with Crippen molar-refractivity contribution in [3.05, 3.63) is 65.5 Å².